The molecule has 2 heterocycles. The van der Waals surface area contributed by atoms with Crippen molar-refractivity contribution in [1.82, 2.24) is 14.5 Å². The summed E-state index contributed by atoms with van der Waals surface area (Å²) >= 11 is 0. The topological polar surface area (TPSA) is 74.4 Å². The second-order valence-corrected chi connectivity index (χ2v) is 9.41. The highest BCUT2D eigenvalue weighted by molar-refractivity contribution is 5.95. The van der Waals surface area contributed by atoms with E-state index in [1.807, 2.05) is 16.7 Å². The Morgan fingerprint density at radius 3 is 2.48 bits per heavy atom. The first-order valence-electron chi connectivity index (χ1n) is 12.3. The number of hydrogen-bond acceptors (Lipinski definition) is 5. The number of nitrogens with zero attached hydrogens (tertiary/aromatic N) is 5. The Hall–Kier alpha value is -3.89. The molecule has 3 aromatic rings. The van der Waals surface area contributed by atoms with Crippen molar-refractivity contribution in [2.75, 3.05) is 31.2 Å². The Labute approximate surface area is 226 Å². The first-order chi connectivity index (χ1) is 18.9. The maximum absolute atomic E-state index is 13.2. The van der Waals surface area contributed by atoms with Crippen LogP contribution in [-0.2, 0) is 28.8 Å². The number of aromatic nitrogens is 2. The largest absolute Gasteiger partial charge is 0.416 e. The van der Waals surface area contributed by atoms with Crippen LogP contribution in [0.3, 0.4) is 0 Å². The average molecular weight is 566 g/mol. The van der Waals surface area contributed by atoms with Crippen LogP contribution in [0.1, 0.15) is 28.8 Å². The summed E-state index contributed by atoms with van der Waals surface area (Å²) < 4.78 is 84.0. The summed E-state index contributed by atoms with van der Waals surface area (Å²) in [5.74, 6) is -0.441. The van der Waals surface area contributed by atoms with Crippen LogP contribution >= 0.6 is 0 Å². The van der Waals surface area contributed by atoms with Crippen molar-refractivity contribution in [3.05, 3.63) is 83.4 Å². The van der Waals surface area contributed by atoms with E-state index in [0.717, 1.165) is 17.7 Å². The van der Waals surface area contributed by atoms with Crippen molar-refractivity contribution < 1.29 is 35.9 Å². The lowest BCUT2D eigenvalue weighted by molar-refractivity contribution is -0.174. The van der Waals surface area contributed by atoms with E-state index in [4.69, 9.17) is 10.00 Å². The molecule has 1 fully saturated rings. The number of piperazine rings is 1. The van der Waals surface area contributed by atoms with Crippen molar-refractivity contribution in [3.8, 4) is 6.07 Å². The van der Waals surface area contributed by atoms with Crippen LogP contribution in [0.25, 0.3) is 0 Å². The number of carbonyl (C=O) groups is 1. The van der Waals surface area contributed by atoms with Gasteiger partial charge in [0.05, 0.1) is 35.8 Å². The summed E-state index contributed by atoms with van der Waals surface area (Å²) in [7, 11) is 0. The van der Waals surface area contributed by atoms with E-state index in [-0.39, 0.29) is 38.3 Å². The van der Waals surface area contributed by atoms with Gasteiger partial charge in [-0.15, -0.1) is 0 Å². The number of halogens is 6. The number of hydrogen-bond donors (Lipinski definition) is 0. The van der Waals surface area contributed by atoms with E-state index in [1.165, 1.54) is 17.0 Å². The number of alkyl halides is 6. The van der Waals surface area contributed by atoms with Gasteiger partial charge in [-0.25, -0.2) is 4.98 Å². The maximum atomic E-state index is 13.2. The van der Waals surface area contributed by atoms with E-state index in [2.05, 4.69) is 11.1 Å². The number of rotatable bonds is 9. The van der Waals surface area contributed by atoms with Crippen LogP contribution in [0.15, 0.2) is 61.1 Å². The lowest BCUT2D eigenvalue weighted by Gasteiger charge is -2.41. The van der Waals surface area contributed by atoms with Gasteiger partial charge in [0.25, 0.3) is 0 Å². The van der Waals surface area contributed by atoms with Crippen molar-refractivity contribution in [2.24, 2.45) is 0 Å². The van der Waals surface area contributed by atoms with Gasteiger partial charge in [-0.1, -0.05) is 18.2 Å². The molecule has 2 aromatic carbocycles. The first-order valence-corrected chi connectivity index (χ1v) is 12.3. The standard InChI is InChI=1S/C27H25F6N5O2/c28-26(29,30)17-40-9-8-24-15-38(23-3-1-2-21(10-23)27(31,32)33)25(39)16-37(24)14-22-13-36(18-35-22)12-20-6-4-19(11-34)5-7-20/h1-7,10,13,18,24H,8-9,12,14-17H2/t24-/m0/s1. The fraction of sp³-hybridized carbons (Fsp3) is 0.370. The van der Waals surface area contributed by atoms with Crippen LogP contribution < -0.4 is 4.90 Å². The summed E-state index contributed by atoms with van der Waals surface area (Å²) in [4.78, 5) is 20.4. The van der Waals surface area contributed by atoms with Gasteiger partial charge in [-0.2, -0.15) is 31.6 Å². The molecule has 1 saturated heterocycles. The molecule has 1 aliphatic rings. The molecule has 0 saturated carbocycles. The van der Waals surface area contributed by atoms with Gasteiger partial charge in [-0.3, -0.25) is 9.69 Å². The number of imidazole rings is 1. The summed E-state index contributed by atoms with van der Waals surface area (Å²) in [6.45, 7) is -1.18. The van der Waals surface area contributed by atoms with Gasteiger partial charge in [-0.05, 0) is 42.3 Å². The number of anilines is 1. The molecule has 1 aromatic heterocycles. The van der Waals surface area contributed by atoms with E-state index in [0.29, 0.717) is 17.8 Å². The molecule has 0 spiro atoms. The van der Waals surface area contributed by atoms with E-state index >= 15 is 0 Å². The Morgan fingerprint density at radius 1 is 1.05 bits per heavy atom. The molecule has 1 aliphatic heterocycles. The lowest BCUT2D eigenvalue weighted by atomic mass is 10.1. The predicted octanol–water partition coefficient (Wildman–Crippen LogP) is 5.01. The molecule has 0 bridgehead atoms. The molecule has 1 amide bonds. The fourth-order valence-electron chi connectivity index (χ4n) is 4.46. The highest BCUT2D eigenvalue weighted by atomic mass is 19.4. The van der Waals surface area contributed by atoms with E-state index < -0.39 is 36.5 Å². The highest BCUT2D eigenvalue weighted by Crippen LogP contribution is 2.33. The molecule has 1 atom stereocenters. The van der Waals surface area contributed by atoms with Gasteiger partial charge >= 0.3 is 12.4 Å². The molecule has 0 radical (unpaired) electrons. The number of carbonyl (C=O) groups excluding carboxylic acids is 1. The monoisotopic (exact) mass is 565 g/mol. The summed E-state index contributed by atoms with van der Waals surface area (Å²) in [6.07, 6.45) is -5.59. The fourth-order valence-corrected chi connectivity index (χ4v) is 4.46. The molecule has 13 heteroatoms. The summed E-state index contributed by atoms with van der Waals surface area (Å²) in [5, 5.41) is 8.95. The normalized spacial score (nSPS) is 16.8. The lowest BCUT2D eigenvalue weighted by Crippen LogP contribution is -2.56. The van der Waals surface area contributed by atoms with Gasteiger partial charge in [0.2, 0.25) is 5.91 Å². The Balaban J connectivity index is 1.48. The van der Waals surface area contributed by atoms with Crippen molar-refractivity contribution in [3.63, 3.8) is 0 Å². The molecule has 0 unspecified atom stereocenters. The number of amides is 1. The predicted molar refractivity (Wildman–Crippen MR) is 132 cm³/mol. The molecule has 4 rings (SSSR count). The minimum Gasteiger partial charge on any atom is -0.372 e. The molecule has 0 aliphatic carbocycles. The minimum absolute atomic E-state index is 0.0263. The molecule has 0 N–H and O–H groups in total. The van der Waals surface area contributed by atoms with Crippen molar-refractivity contribution >= 4 is 11.6 Å². The van der Waals surface area contributed by atoms with E-state index in [9.17, 15) is 31.1 Å². The molecule has 7 nitrogen and oxygen atoms in total. The third-order valence-electron chi connectivity index (χ3n) is 6.40. The zero-order valence-corrected chi connectivity index (χ0v) is 21.1. The highest BCUT2D eigenvalue weighted by Gasteiger charge is 2.36. The van der Waals surface area contributed by atoms with Gasteiger partial charge in [0, 0.05) is 44.2 Å². The number of nitriles is 1. The van der Waals surface area contributed by atoms with Gasteiger partial charge < -0.3 is 14.2 Å². The van der Waals surface area contributed by atoms with Crippen LogP contribution in [-0.4, -0.2) is 58.9 Å². The smallest absolute Gasteiger partial charge is 0.372 e. The van der Waals surface area contributed by atoms with E-state index in [1.54, 1.807) is 29.6 Å². The Morgan fingerprint density at radius 2 is 1.80 bits per heavy atom. The summed E-state index contributed by atoms with van der Waals surface area (Å²) in [6, 6.07) is 13.0. The van der Waals surface area contributed by atoms with Crippen molar-refractivity contribution in [1.29, 1.82) is 5.26 Å². The van der Waals surface area contributed by atoms with Crippen LogP contribution in [0.2, 0.25) is 0 Å². The third kappa shape index (κ3) is 7.83. The summed E-state index contributed by atoms with van der Waals surface area (Å²) in [5.41, 5.74) is 1.24. The van der Waals surface area contributed by atoms with Gasteiger partial charge in [0.15, 0.2) is 0 Å². The molecule has 40 heavy (non-hydrogen) atoms. The number of ether oxygens (including phenoxy) is 1. The van der Waals surface area contributed by atoms with Crippen LogP contribution in [0.4, 0.5) is 32.0 Å². The molecule has 212 valence electrons. The Bertz CT molecular complexity index is 1350. The van der Waals surface area contributed by atoms with Gasteiger partial charge in [0.1, 0.15) is 6.61 Å². The SMILES string of the molecule is N#Cc1ccc(Cn2cnc(CN3CC(=O)N(c4cccc(C(F)(F)F)c4)C[C@@H]3CCOCC(F)(F)F)c2)cc1. The second kappa shape index (κ2) is 12.1. The second-order valence-electron chi connectivity index (χ2n) is 9.41. The number of benzene rings is 2. The quantitative estimate of drug-likeness (QED) is 0.270. The van der Waals surface area contributed by atoms with Crippen LogP contribution in [0.5, 0.6) is 0 Å². The zero-order chi connectivity index (χ0) is 28.9. The minimum atomic E-state index is -4.59. The van der Waals surface area contributed by atoms with Crippen LogP contribution in [0, 0.1) is 11.3 Å². The molecular weight excluding hydrogens is 540 g/mol. The zero-order valence-electron chi connectivity index (χ0n) is 21.1. The van der Waals surface area contributed by atoms with Crippen molar-refractivity contribution in [2.45, 2.75) is 37.9 Å². The maximum Gasteiger partial charge on any atom is 0.416 e. The Kier molecular flexibility index (Phi) is 8.80. The average Bonchev–Trinajstić information content (AvgIpc) is 3.33. The third-order valence-corrected chi connectivity index (χ3v) is 6.40. The first kappa shape index (κ1) is 29.1. The molecular formula is C27H25F6N5O2.